The normalized spacial score (nSPS) is 11.8. The first-order valence-corrected chi connectivity index (χ1v) is 10.7. The van der Waals surface area contributed by atoms with Gasteiger partial charge in [-0.2, -0.15) is 0 Å². The maximum absolute atomic E-state index is 13.2. The van der Waals surface area contributed by atoms with Gasteiger partial charge in [0, 0.05) is 29.9 Å². The van der Waals surface area contributed by atoms with Crippen LogP contribution in [0.3, 0.4) is 0 Å². The first-order valence-electron chi connectivity index (χ1n) is 10.7. The highest BCUT2D eigenvalue weighted by molar-refractivity contribution is 6.08. The number of amidine groups is 1. The van der Waals surface area contributed by atoms with Gasteiger partial charge in [0.25, 0.3) is 5.91 Å². The van der Waals surface area contributed by atoms with E-state index in [0.29, 0.717) is 41.8 Å². The summed E-state index contributed by atoms with van der Waals surface area (Å²) in [4.78, 5) is 24.0. The molecule has 0 heterocycles. The molecule has 0 unspecified atom stereocenters. The number of amides is 1. The summed E-state index contributed by atoms with van der Waals surface area (Å²) in [5.41, 5.74) is 2.15. The van der Waals surface area contributed by atoms with Crippen molar-refractivity contribution in [2.45, 2.75) is 26.8 Å². The molecular weight excluding hydrogens is 418 g/mol. The smallest absolute Gasteiger partial charge is 0.254 e. The molecule has 0 aliphatic carbocycles. The van der Waals surface area contributed by atoms with E-state index in [4.69, 9.17) is 14.2 Å². The molecular formula is C26H33N3O4. The van der Waals surface area contributed by atoms with Crippen LogP contribution in [-0.4, -0.2) is 62.8 Å². The third kappa shape index (κ3) is 6.94. The van der Waals surface area contributed by atoms with Gasteiger partial charge < -0.3 is 19.1 Å². The molecule has 2 aromatic carbocycles. The van der Waals surface area contributed by atoms with Crippen molar-refractivity contribution in [3.63, 3.8) is 0 Å². The van der Waals surface area contributed by atoms with E-state index in [-0.39, 0.29) is 11.9 Å². The van der Waals surface area contributed by atoms with Crippen molar-refractivity contribution in [3.8, 4) is 17.2 Å². The Kier molecular flexibility index (Phi) is 9.66. The summed E-state index contributed by atoms with van der Waals surface area (Å²) in [7, 11) is 4.86. The fourth-order valence-electron chi connectivity index (χ4n) is 3.19. The van der Waals surface area contributed by atoms with Gasteiger partial charge in [-0.1, -0.05) is 12.7 Å². The van der Waals surface area contributed by atoms with Gasteiger partial charge in [0.05, 0.1) is 20.8 Å². The lowest BCUT2D eigenvalue weighted by molar-refractivity contribution is 0.0735. The molecule has 176 valence electrons. The van der Waals surface area contributed by atoms with Crippen LogP contribution < -0.4 is 14.2 Å². The first kappa shape index (κ1) is 25.6. The molecule has 7 nitrogen and oxygen atoms in total. The van der Waals surface area contributed by atoms with E-state index < -0.39 is 0 Å². The fraction of sp³-hybridized carbons (Fsp3) is 0.346. The zero-order chi connectivity index (χ0) is 24.4. The van der Waals surface area contributed by atoms with Crippen LogP contribution in [0.5, 0.6) is 17.2 Å². The van der Waals surface area contributed by atoms with Crippen molar-refractivity contribution in [1.82, 2.24) is 4.90 Å². The molecule has 0 saturated heterocycles. The lowest BCUT2D eigenvalue weighted by Crippen LogP contribution is -2.40. The summed E-state index contributed by atoms with van der Waals surface area (Å²) >= 11 is 0. The molecule has 0 spiro atoms. The molecule has 0 aromatic heterocycles. The van der Waals surface area contributed by atoms with Crippen LogP contribution in [0.25, 0.3) is 0 Å². The highest BCUT2D eigenvalue weighted by Crippen LogP contribution is 2.28. The van der Waals surface area contributed by atoms with Crippen molar-refractivity contribution >= 4 is 17.5 Å². The van der Waals surface area contributed by atoms with Crippen LogP contribution in [0.1, 0.15) is 36.7 Å². The summed E-state index contributed by atoms with van der Waals surface area (Å²) in [5.74, 6) is 2.40. The molecule has 1 amide bonds. The number of ether oxygens (including phenoxy) is 3. The van der Waals surface area contributed by atoms with Crippen molar-refractivity contribution in [1.29, 1.82) is 0 Å². The van der Waals surface area contributed by atoms with Crippen molar-refractivity contribution in [3.05, 3.63) is 66.2 Å². The summed E-state index contributed by atoms with van der Waals surface area (Å²) in [6.07, 6.45) is 1.68. The monoisotopic (exact) mass is 451 g/mol. The average molecular weight is 452 g/mol. The number of aliphatic imine (C=N–C) groups is 2. The number of carbonyl (C=O) groups is 1. The minimum absolute atomic E-state index is 0.0116. The van der Waals surface area contributed by atoms with E-state index in [9.17, 15) is 4.79 Å². The molecule has 7 heteroatoms. The zero-order valence-electron chi connectivity index (χ0n) is 20.3. The largest absolute Gasteiger partial charge is 0.493 e. The Bertz CT molecular complexity index is 1010. The van der Waals surface area contributed by atoms with E-state index >= 15 is 0 Å². The van der Waals surface area contributed by atoms with Gasteiger partial charge in [-0.15, -0.1) is 0 Å². The topological polar surface area (TPSA) is 72.7 Å². The van der Waals surface area contributed by atoms with Gasteiger partial charge in [0.2, 0.25) is 0 Å². The van der Waals surface area contributed by atoms with Gasteiger partial charge in [0.1, 0.15) is 12.4 Å². The quantitative estimate of drug-likeness (QED) is 0.299. The number of methoxy groups -OCH3 is 2. The van der Waals surface area contributed by atoms with Gasteiger partial charge in [-0.3, -0.25) is 9.79 Å². The van der Waals surface area contributed by atoms with Gasteiger partial charge in [-0.05, 0) is 63.2 Å². The Morgan fingerprint density at radius 1 is 1.06 bits per heavy atom. The SMILES string of the molecule is C=CCOc1ccc(C(=O)N(CC(C)=NC(=NC)c2ccc(OC)c(OC)c2)C(C)C)cc1. The molecule has 0 aliphatic heterocycles. The highest BCUT2D eigenvalue weighted by Gasteiger charge is 2.20. The third-order valence-electron chi connectivity index (χ3n) is 4.90. The minimum Gasteiger partial charge on any atom is -0.493 e. The number of nitrogens with zero attached hydrogens (tertiary/aromatic N) is 3. The Morgan fingerprint density at radius 3 is 2.24 bits per heavy atom. The van der Waals surface area contributed by atoms with Gasteiger partial charge >= 0.3 is 0 Å². The van der Waals surface area contributed by atoms with Crippen molar-refractivity contribution in [2.75, 3.05) is 34.4 Å². The van der Waals surface area contributed by atoms with Crippen LogP contribution >= 0.6 is 0 Å². The van der Waals surface area contributed by atoms with Crippen LogP contribution in [-0.2, 0) is 0 Å². The third-order valence-corrected chi connectivity index (χ3v) is 4.90. The lowest BCUT2D eigenvalue weighted by Gasteiger charge is -2.27. The molecule has 0 atom stereocenters. The van der Waals surface area contributed by atoms with Crippen LogP contribution in [0, 0.1) is 0 Å². The lowest BCUT2D eigenvalue weighted by atomic mass is 10.1. The van der Waals surface area contributed by atoms with E-state index in [1.165, 1.54) is 0 Å². The molecule has 2 rings (SSSR count). The number of benzene rings is 2. The molecule has 0 radical (unpaired) electrons. The maximum Gasteiger partial charge on any atom is 0.254 e. The number of carbonyl (C=O) groups excluding carboxylic acids is 1. The maximum atomic E-state index is 13.2. The highest BCUT2D eigenvalue weighted by atomic mass is 16.5. The van der Waals surface area contributed by atoms with Crippen molar-refractivity contribution in [2.24, 2.45) is 9.98 Å². The number of hydrogen-bond acceptors (Lipinski definition) is 5. The van der Waals surface area contributed by atoms with Crippen molar-refractivity contribution < 1.29 is 19.0 Å². The van der Waals surface area contributed by atoms with Crippen LogP contribution in [0.15, 0.2) is 65.1 Å². The Morgan fingerprint density at radius 2 is 1.70 bits per heavy atom. The second kappa shape index (κ2) is 12.4. The molecule has 0 saturated carbocycles. The molecule has 0 N–H and O–H groups in total. The zero-order valence-corrected chi connectivity index (χ0v) is 20.3. The molecule has 0 aliphatic rings. The van der Waals surface area contributed by atoms with E-state index in [1.54, 1.807) is 56.5 Å². The van der Waals surface area contributed by atoms with Gasteiger partial charge in [0.15, 0.2) is 17.3 Å². The Balaban J connectivity index is 2.22. The minimum atomic E-state index is -0.0732. The predicted octanol–water partition coefficient (Wildman–Crippen LogP) is 4.66. The standard InChI is InChI=1S/C26H33N3O4/c1-8-15-33-22-12-9-20(10-13-22)26(30)29(18(2)3)17-19(4)28-25(27-5)21-11-14-23(31-6)24(16-21)32-7/h8-14,16,18H,1,15,17H2,2-7H3. The molecule has 33 heavy (non-hydrogen) atoms. The van der Waals surface area contributed by atoms with E-state index in [2.05, 4.69) is 16.6 Å². The Hall–Kier alpha value is -3.61. The van der Waals surface area contributed by atoms with E-state index in [0.717, 1.165) is 11.3 Å². The van der Waals surface area contributed by atoms with Gasteiger partial charge in [-0.25, -0.2) is 4.99 Å². The number of rotatable bonds is 10. The summed E-state index contributed by atoms with van der Waals surface area (Å²) in [6, 6.07) is 12.6. The molecule has 0 fully saturated rings. The Labute approximate surface area is 196 Å². The summed E-state index contributed by atoms with van der Waals surface area (Å²) < 4.78 is 16.2. The summed E-state index contributed by atoms with van der Waals surface area (Å²) in [5, 5.41) is 0. The summed E-state index contributed by atoms with van der Waals surface area (Å²) in [6.45, 7) is 10.3. The predicted molar refractivity (Wildman–Crippen MR) is 133 cm³/mol. The van der Waals surface area contributed by atoms with Crippen LogP contribution in [0.4, 0.5) is 0 Å². The molecule has 0 bridgehead atoms. The van der Waals surface area contributed by atoms with E-state index in [1.807, 2.05) is 39.0 Å². The first-order chi connectivity index (χ1) is 15.8. The second-order valence-corrected chi connectivity index (χ2v) is 7.61. The number of hydrogen-bond donors (Lipinski definition) is 0. The average Bonchev–Trinajstić information content (AvgIpc) is 2.83. The van der Waals surface area contributed by atoms with Crippen LogP contribution in [0.2, 0.25) is 0 Å². The molecule has 2 aromatic rings. The second-order valence-electron chi connectivity index (χ2n) is 7.61. The fourth-order valence-corrected chi connectivity index (χ4v) is 3.19.